The van der Waals surface area contributed by atoms with Crippen molar-refractivity contribution in [3.05, 3.63) is 85.1 Å². The number of hydrogen-bond donors (Lipinski definition) is 0. The normalized spacial score (nSPS) is 12.7. The number of esters is 3. The molecule has 0 spiro atoms. The highest BCUT2D eigenvalue weighted by molar-refractivity contribution is 5.71. The smallest absolute Gasteiger partial charge is 0.306 e. The quantitative estimate of drug-likeness (QED) is 0.0262. The number of carbonyl (C=O) groups excluding carboxylic acids is 3. The summed E-state index contributed by atoms with van der Waals surface area (Å²) in [6.07, 6.45) is 71.5. The average Bonchev–Trinajstić information content (AvgIpc) is 3.33. The van der Waals surface area contributed by atoms with Crippen LogP contribution in [0.25, 0.3) is 0 Å². The Morgan fingerprint density at radius 1 is 0.313 bits per heavy atom. The van der Waals surface area contributed by atoms with Gasteiger partial charge in [-0.2, -0.15) is 0 Å². The lowest BCUT2D eigenvalue weighted by atomic mass is 10.0. The minimum Gasteiger partial charge on any atom is -0.462 e. The third-order valence-corrected chi connectivity index (χ3v) is 11.9. The van der Waals surface area contributed by atoms with Crippen LogP contribution in [0.5, 0.6) is 0 Å². The van der Waals surface area contributed by atoms with Crippen LogP contribution < -0.4 is 0 Å². The van der Waals surface area contributed by atoms with E-state index in [4.69, 9.17) is 14.2 Å². The first-order valence-electron chi connectivity index (χ1n) is 28.1. The summed E-state index contributed by atoms with van der Waals surface area (Å²) in [7, 11) is 0. The highest BCUT2D eigenvalue weighted by Gasteiger charge is 2.19. The molecule has 0 saturated heterocycles. The molecule has 6 heteroatoms. The van der Waals surface area contributed by atoms with E-state index in [0.717, 1.165) is 89.9 Å². The van der Waals surface area contributed by atoms with Crippen LogP contribution in [0, 0.1) is 0 Å². The predicted octanol–water partition coefficient (Wildman–Crippen LogP) is 18.8. The molecule has 0 bridgehead atoms. The van der Waals surface area contributed by atoms with E-state index >= 15 is 0 Å². The Hall–Kier alpha value is -3.41. The average molecular weight is 933 g/mol. The SMILES string of the molecule is CC/C=C/C/C=C/C/C=C/C/C=C/C/C=C/C/C=C/CCC(=O)OC[C@@H](COC(=O)CCCCCCC/C=C/CCCCCC)OC(=O)CCCCCCCCCCCCCCCCCCC. The molecule has 0 saturated carbocycles. The largest absolute Gasteiger partial charge is 0.462 e. The van der Waals surface area contributed by atoms with Gasteiger partial charge in [0.05, 0.1) is 0 Å². The lowest BCUT2D eigenvalue weighted by molar-refractivity contribution is -0.166. The molecule has 0 N–H and O–H groups in total. The van der Waals surface area contributed by atoms with Crippen LogP contribution in [0.2, 0.25) is 0 Å². The van der Waals surface area contributed by atoms with E-state index in [1.54, 1.807) is 0 Å². The third-order valence-electron chi connectivity index (χ3n) is 11.9. The zero-order chi connectivity index (χ0) is 48.6. The second kappa shape index (κ2) is 55.2. The van der Waals surface area contributed by atoms with Gasteiger partial charge >= 0.3 is 17.9 Å². The number of hydrogen-bond acceptors (Lipinski definition) is 6. The summed E-state index contributed by atoms with van der Waals surface area (Å²) in [5.41, 5.74) is 0. The van der Waals surface area contributed by atoms with Crippen LogP contribution in [0.15, 0.2) is 85.1 Å². The lowest BCUT2D eigenvalue weighted by Crippen LogP contribution is -2.30. The van der Waals surface area contributed by atoms with E-state index in [2.05, 4.69) is 99.8 Å². The number of carbonyl (C=O) groups is 3. The fourth-order valence-electron chi connectivity index (χ4n) is 7.70. The van der Waals surface area contributed by atoms with Crippen molar-refractivity contribution in [1.82, 2.24) is 0 Å². The third kappa shape index (κ3) is 53.4. The summed E-state index contributed by atoms with van der Waals surface area (Å²) >= 11 is 0. The predicted molar refractivity (Wildman–Crippen MR) is 288 cm³/mol. The van der Waals surface area contributed by atoms with Crippen LogP contribution >= 0.6 is 0 Å². The Bertz CT molecular complexity index is 1300. The minimum atomic E-state index is -0.809. The van der Waals surface area contributed by atoms with Gasteiger partial charge in [-0.25, -0.2) is 0 Å². The van der Waals surface area contributed by atoms with Gasteiger partial charge in [0.2, 0.25) is 0 Å². The molecule has 0 amide bonds. The second-order valence-corrected chi connectivity index (χ2v) is 18.5. The highest BCUT2D eigenvalue weighted by Crippen LogP contribution is 2.16. The molecule has 0 aliphatic heterocycles. The van der Waals surface area contributed by atoms with Crippen molar-refractivity contribution in [1.29, 1.82) is 0 Å². The molecule has 384 valence electrons. The summed E-state index contributed by atoms with van der Waals surface area (Å²) in [5.74, 6) is -0.992. The summed E-state index contributed by atoms with van der Waals surface area (Å²) < 4.78 is 16.8. The van der Waals surface area contributed by atoms with E-state index in [1.807, 2.05) is 6.08 Å². The van der Waals surface area contributed by atoms with E-state index in [0.29, 0.717) is 19.3 Å². The lowest BCUT2D eigenvalue weighted by Gasteiger charge is -2.18. The summed E-state index contributed by atoms with van der Waals surface area (Å²) in [6.45, 7) is 6.45. The summed E-state index contributed by atoms with van der Waals surface area (Å²) in [4.78, 5) is 38.1. The van der Waals surface area contributed by atoms with Crippen LogP contribution in [0.4, 0.5) is 0 Å². The molecule has 0 aliphatic rings. The van der Waals surface area contributed by atoms with Crippen molar-refractivity contribution in [2.75, 3.05) is 13.2 Å². The molecule has 0 aromatic carbocycles. The van der Waals surface area contributed by atoms with Gasteiger partial charge in [0.15, 0.2) is 6.10 Å². The molecule has 0 heterocycles. The second-order valence-electron chi connectivity index (χ2n) is 18.5. The fraction of sp³-hybridized carbons (Fsp3) is 0.721. The molecule has 0 radical (unpaired) electrons. The van der Waals surface area contributed by atoms with Crippen molar-refractivity contribution < 1.29 is 28.6 Å². The number of rotatable bonds is 50. The van der Waals surface area contributed by atoms with Gasteiger partial charge < -0.3 is 14.2 Å². The topological polar surface area (TPSA) is 78.9 Å². The zero-order valence-corrected chi connectivity index (χ0v) is 43.9. The Morgan fingerprint density at radius 2 is 0.612 bits per heavy atom. The fourth-order valence-corrected chi connectivity index (χ4v) is 7.70. The van der Waals surface area contributed by atoms with Crippen LogP contribution in [-0.2, 0) is 28.6 Å². The van der Waals surface area contributed by atoms with E-state index in [1.165, 1.54) is 128 Å². The maximum Gasteiger partial charge on any atom is 0.306 e. The Labute approximate surface area is 414 Å². The van der Waals surface area contributed by atoms with Crippen LogP contribution in [0.1, 0.15) is 265 Å². The first-order valence-corrected chi connectivity index (χ1v) is 28.1. The van der Waals surface area contributed by atoms with Gasteiger partial charge in [-0.3, -0.25) is 14.4 Å². The maximum atomic E-state index is 12.8. The monoisotopic (exact) mass is 933 g/mol. The molecule has 1 atom stereocenters. The van der Waals surface area contributed by atoms with E-state index in [9.17, 15) is 14.4 Å². The molecular formula is C61H104O6. The van der Waals surface area contributed by atoms with Gasteiger partial charge in [-0.15, -0.1) is 0 Å². The van der Waals surface area contributed by atoms with E-state index in [-0.39, 0.29) is 37.5 Å². The summed E-state index contributed by atoms with van der Waals surface area (Å²) in [6, 6.07) is 0. The summed E-state index contributed by atoms with van der Waals surface area (Å²) in [5, 5.41) is 0. The molecular weight excluding hydrogens is 829 g/mol. The van der Waals surface area contributed by atoms with Gasteiger partial charge in [0.25, 0.3) is 0 Å². The van der Waals surface area contributed by atoms with Crippen molar-refractivity contribution in [2.24, 2.45) is 0 Å². The van der Waals surface area contributed by atoms with Crippen LogP contribution in [-0.4, -0.2) is 37.2 Å². The standard InChI is InChI=1S/C61H104O6/c1-4-7-10-13-16-19-22-25-27-29-30-32-33-36-39-42-45-48-51-54-60(63)66-57-58(56-65-59(62)53-50-47-44-41-38-35-24-21-18-15-12-9-6-3)67-61(64)55-52-49-46-43-40-37-34-31-28-26-23-20-17-14-11-8-5-2/h7,10,16,19,21,24-25,27,30,32,36,39,45,48,58H,4-6,8-9,11-15,17-18,20,22-23,26,28-29,31,33-35,37-38,40-44,46-47,49-57H2,1-3H3/b10-7+,19-16+,24-21+,27-25+,32-30+,39-36+,48-45+/t58-/m1/s1. The molecule has 0 aromatic heterocycles. The maximum absolute atomic E-state index is 12.8. The first-order chi connectivity index (χ1) is 33.0. The van der Waals surface area contributed by atoms with Gasteiger partial charge in [0, 0.05) is 19.3 Å². The molecule has 0 aliphatic carbocycles. The van der Waals surface area contributed by atoms with Gasteiger partial charge in [-0.05, 0) is 83.5 Å². The number of ether oxygens (including phenoxy) is 3. The van der Waals surface area contributed by atoms with Crippen molar-refractivity contribution >= 4 is 17.9 Å². The molecule has 0 aromatic rings. The molecule has 6 nitrogen and oxygen atoms in total. The minimum absolute atomic E-state index is 0.102. The van der Waals surface area contributed by atoms with Crippen molar-refractivity contribution in [3.8, 4) is 0 Å². The molecule has 67 heavy (non-hydrogen) atoms. The van der Waals surface area contributed by atoms with Crippen LogP contribution in [0.3, 0.4) is 0 Å². The van der Waals surface area contributed by atoms with Crippen molar-refractivity contribution in [2.45, 2.75) is 271 Å². The van der Waals surface area contributed by atoms with Crippen molar-refractivity contribution in [3.63, 3.8) is 0 Å². The number of unbranched alkanes of at least 4 members (excludes halogenated alkanes) is 25. The zero-order valence-electron chi connectivity index (χ0n) is 43.9. The Morgan fingerprint density at radius 3 is 1.01 bits per heavy atom. The Balaban J connectivity index is 4.48. The van der Waals surface area contributed by atoms with E-state index < -0.39 is 6.10 Å². The highest BCUT2D eigenvalue weighted by atomic mass is 16.6. The number of allylic oxidation sites excluding steroid dienone is 14. The van der Waals surface area contributed by atoms with Gasteiger partial charge in [-0.1, -0.05) is 247 Å². The molecule has 0 fully saturated rings. The first kappa shape index (κ1) is 63.6. The molecule has 0 rings (SSSR count). The Kier molecular flexibility index (Phi) is 52.4. The van der Waals surface area contributed by atoms with Gasteiger partial charge in [0.1, 0.15) is 13.2 Å². The molecule has 0 unspecified atom stereocenters.